The van der Waals surface area contributed by atoms with Crippen molar-refractivity contribution in [2.24, 2.45) is 5.92 Å². The Labute approximate surface area is 282 Å². The van der Waals surface area contributed by atoms with Crippen LogP contribution in [0.15, 0.2) is 30.3 Å². The molecule has 1 heterocycles. The van der Waals surface area contributed by atoms with Crippen LogP contribution in [0.4, 0.5) is 4.79 Å². The Kier molecular flexibility index (Phi) is 15.8. The lowest BCUT2D eigenvalue weighted by molar-refractivity contribution is -0.151. The fourth-order valence-electron chi connectivity index (χ4n) is 6.03. The van der Waals surface area contributed by atoms with Crippen LogP contribution in [0, 0.1) is 5.92 Å². The SMILES string of the molecule is CCCCC(NC(=O)[C@H](CCCCNC(=O)OCc1ccccc1)NC(=O)C1CCCC1)P(=O)(O)O[C@@H](C)C(=O)N1CCC[C@H]1C(=O)O. The number of likely N-dealkylation sites (tertiary alicyclic amines) is 1. The van der Waals surface area contributed by atoms with Crippen LogP contribution in [-0.2, 0) is 39.6 Å². The quantitative estimate of drug-likeness (QED) is 0.104. The van der Waals surface area contributed by atoms with E-state index >= 15 is 0 Å². The van der Waals surface area contributed by atoms with Crippen LogP contribution < -0.4 is 16.0 Å². The Morgan fingerprint density at radius 3 is 2.35 bits per heavy atom. The van der Waals surface area contributed by atoms with E-state index in [-0.39, 0.29) is 50.8 Å². The molecule has 2 aliphatic rings. The molecule has 14 nitrogen and oxygen atoms in total. The zero-order valence-electron chi connectivity index (χ0n) is 27.9. The van der Waals surface area contributed by atoms with Crippen LogP contribution in [0.1, 0.15) is 96.5 Å². The van der Waals surface area contributed by atoms with Crippen molar-refractivity contribution in [3.63, 3.8) is 0 Å². The minimum absolute atomic E-state index is 0.0801. The van der Waals surface area contributed by atoms with Gasteiger partial charge in [-0.1, -0.05) is 62.9 Å². The number of nitrogens with one attached hydrogen (secondary N) is 3. The first kappa shape index (κ1) is 39.0. The summed E-state index contributed by atoms with van der Waals surface area (Å²) < 4.78 is 24.2. The molecule has 2 unspecified atom stereocenters. The fourth-order valence-corrected chi connectivity index (χ4v) is 7.52. The van der Waals surface area contributed by atoms with Crippen molar-refractivity contribution in [3.05, 3.63) is 35.9 Å². The van der Waals surface area contributed by atoms with Crippen LogP contribution in [0.25, 0.3) is 0 Å². The van der Waals surface area contributed by atoms with Crippen molar-refractivity contribution in [1.82, 2.24) is 20.9 Å². The number of carboxylic acids is 1. The van der Waals surface area contributed by atoms with Crippen LogP contribution in [0.3, 0.4) is 0 Å². The fraction of sp³-hybridized carbons (Fsp3) is 0.667. The molecule has 2 fully saturated rings. The number of unbranched alkanes of at least 4 members (excludes halogenated alkanes) is 2. The van der Waals surface area contributed by atoms with Crippen molar-refractivity contribution < 1.29 is 47.8 Å². The summed E-state index contributed by atoms with van der Waals surface area (Å²) in [5, 5.41) is 17.6. The van der Waals surface area contributed by atoms with Crippen LogP contribution in [0.2, 0.25) is 0 Å². The maximum absolute atomic E-state index is 13.6. The highest BCUT2D eigenvalue weighted by Gasteiger charge is 2.42. The average Bonchev–Trinajstić information content (AvgIpc) is 3.78. The van der Waals surface area contributed by atoms with Crippen LogP contribution in [0.5, 0.6) is 0 Å². The predicted molar refractivity (Wildman–Crippen MR) is 177 cm³/mol. The largest absolute Gasteiger partial charge is 0.480 e. The van der Waals surface area contributed by atoms with Crippen molar-refractivity contribution >= 4 is 37.4 Å². The highest BCUT2D eigenvalue weighted by atomic mass is 31.2. The highest BCUT2D eigenvalue weighted by Crippen LogP contribution is 2.49. The standard InChI is InChI=1S/C33H51N4O10P/c1-3-4-19-28(48(44,45)47-23(2)31(40)37-21-12-18-27(37)32(41)42)36-30(39)26(35-29(38)25-15-8-9-16-25)17-10-11-20-34-33(43)46-22-24-13-6-5-7-14-24/h5-7,13-14,23,25-28H,3-4,8-12,15-22H2,1-2H3,(H,34,43)(H,35,38)(H,36,39)(H,41,42)(H,44,45)/t23-,26-,27-,28?/m0/s1. The van der Waals surface area contributed by atoms with E-state index in [1.807, 2.05) is 37.3 Å². The van der Waals surface area contributed by atoms with Gasteiger partial charge in [0.15, 0.2) is 0 Å². The molecule has 0 radical (unpaired) electrons. The number of alkyl carbamates (subject to hydrolysis) is 1. The van der Waals surface area contributed by atoms with Gasteiger partial charge in [0.2, 0.25) is 11.8 Å². The second-order valence-electron chi connectivity index (χ2n) is 12.5. The predicted octanol–water partition coefficient (Wildman–Crippen LogP) is 4.06. The van der Waals surface area contributed by atoms with Gasteiger partial charge in [-0.3, -0.25) is 23.5 Å². The topological polar surface area (TPSA) is 201 Å². The molecule has 1 saturated carbocycles. The zero-order chi connectivity index (χ0) is 35.1. The number of amides is 4. The molecule has 48 heavy (non-hydrogen) atoms. The van der Waals surface area contributed by atoms with E-state index in [0.717, 1.165) is 36.1 Å². The van der Waals surface area contributed by atoms with Gasteiger partial charge in [0.05, 0.1) is 0 Å². The molecule has 1 aliphatic carbocycles. The minimum Gasteiger partial charge on any atom is -0.480 e. The van der Waals surface area contributed by atoms with E-state index in [9.17, 15) is 38.5 Å². The second kappa shape index (κ2) is 19.5. The summed E-state index contributed by atoms with van der Waals surface area (Å²) in [5.41, 5.74) is 0.856. The molecule has 0 spiro atoms. The number of rotatable bonds is 19. The molecule has 3 rings (SSSR count). The molecule has 0 bridgehead atoms. The van der Waals surface area contributed by atoms with Gasteiger partial charge in [-0.05, 0) is 63.9 Å². The lowest BCUT2D eigenvalue weighted by Gasteiger charge is -2.30. The van der Waals surface area contributed by atoms with Gasteiger partial charge in [-0.2, -0.15) is 0 Å². The molecule has 1 aromatic carbocycles. The molecule has 1 aromatic rings. The van der Waals surface area contributed by atoms with E-state index in [1.54, 1.807) is 0 Å². The number of carbonyl (C=O) groups excluding carboxylic acids is 4. The van der Waals surface area contributed by atoms with E-state index < -0.39 is 55.4 Å². The van der Waals surface area contributed by atoms with Crippen molar-refractivity contribution in [2.45, 2.75) is 121 Å². The van der Waals surface area contributed by atoms with E-state index in [4.69, 9.17) is 9.26 Å². The van der Waals surface area contributed by atoms with Crippen molar-refractivity contribution in [3.8, 4) is 0 Å². The molecule has 4 amide bonds. The van der Waals surface area contributed by atoms with Gasteiger partial charge < -0.3 is 35.6 Å². The molecule has 1 saturated heterocycles. The Balaban J connectivity index is 1.60. The van der Waals surface area contributed by atoms with Gasteiger partial charge in [-0.25, -0.2) is 9.59 Å². The Morgan fingerprint density at radius 2 is 1.69 bits per heavy atom. The summed E-state index contributed by atoms with van der Waals surface area (Å²) in [5.74, 6) is -4.34. The zero-order valence-corrected chi connectivity index (χ0v) is 28.8. The number of ether oxygens (including phenoxy) is 1. The number of aliphatic carboxylic acids is 1. The number of carboxylic acid groups (broad SMARTS) is 1. The van der Waals surface area contributed by atoms with E-state index in [2.05, 4.69) is 16.0 Å². The molecule has 268 valence electrons. The third kappa shape index (κ3) is 12.2. The lowest BCUT2D eigenvalue weighted by Crippen LogP contribution is -2.51. The summed E-state index contributed by atoms with van der Waals surface area (Å²) in [6, 6.07) is 7.22. The van der Waals surface area contributed by atoms with Crippen molar-refractivity contribution in [1.29, 1.82) is 0 Å². The number of carbonyl (C=O) groups is 5. The first-order chi connectivity index (χ1) is 22.9. The number of hydrogen-bond acceptors (Lipinski definition) is 8. The Morgan fingerprint density at radius 1 is 0.979 bits per heavy atom. The van der Waals surface area contributed by atoms with E-state index in [1.165, 1.54) is 6.92 Å². The Hall–Kier alpha value is -3.48. The number of nitrogens with zero attached hydrogens (tertiary/aromatic N) is 1. The lowest BCUT2D eigenvalue weighted by atomic mass is 10.0. The van der Waals surface area contributed by atoms with E-state index in [0.29, 0.717) is 32.1 Å². The summed E-state index contributed by atoms with van der Waals surface area (Å²) >= 11 is 0. The minimum atomic E-state index is -4.65. The molecular weight excluding hydrogens is 643 g/mol. The van der Waals surface area contributed by atoms with Crippen LogP contribution in [-0.4, -0.2) is 81.7 Å². The summed E-state index contributed by atoms with van der Waals surface area (Å²) in [7, 11) is -4.65. The molecule has 15 heteroatoms. The molecule has 5 N–H and O–H groups in total. The van der Waals surface area contributed by atoms with Gasteiger partial charge in [0, 0.05) is 19.0 Å². The smallest absolute Gasteiger partial charge is 0.407 e. The van der Waals surface area contributed by atoms with Gasteiger partial charge in [0.25, 0.3) is 5.91 Å². The second-order valence-corrected chi connectivity index (χ2v) is 14.5. The summed E-state index contributed by atoms with van der Waals surface area (Å²) in [6.07, 6.45) is 4.40. The summed E-state index contributed by atoms with van der Waals surface area (Å²) in [6.45, 7) is 3.78. The van der Waals surface area contributed by atoms with Gasteiger partial charge in [-0.15, -0.1) is 0 Å². The maximum Gasteiger partial charge on any atom is 0.407 e. The number of benzene rings is 1. The third-order valence-corrected chi connectivity index (χ3v) is 10.6. The van der Waals surface area contributed by atoms with Crippen LogP contribution >= 0.6 is 7.60 Å². The normalized spacial score (nSPS) is 19.5. The molecule has 5 atom stereocenters. The summed E-state index contributed by atoms with van der Waals surface area (Å²) in [4.78, 5) is 75.5. The third-order valence-electron chi connectivity index (χ3n) is 8.77. The highest BCUT2D eigenvalue weighted by molar-refractivity contribution is 7.53. The first-order valence-corrected chi connectivity index (χ1v) is 18.7. The molecule has 0 aromatic heterocycles. The monoisotopic (exact) mass is 694 g/mol. The Bertz CT molecular complexity index is 1280. The molecular formula is C33H51N4O10P. The molecule has 1 aliphatic heterocycles. The van der Waals surface area contributed by atoms with Gasteiger partial charge in [0.1, 0.15) is 30.6 Å². The average molecular weight is 695 g/mol. The maximum atomic E-state index is 13.6. The first-order valence-electron chi connectivity index (χ1n) is 17.0. The van der Waals surface area contributed by atoms with Gasteiger partial charge >= 0.3 is 19.7 Å². The van der Waals surface area contributed by atoms with Crippen molar-refractivity contribution in [2.75, 3.05) is 13.1 Å². The number of hydrogen-bond donors (Lipinski definition) is 5.